The zero-order chi connectivity index (χ0) is 10.5. The lowest BCUT2D eigenvalue weighted by Gasteiger charge is -2.33. The third kappa shape index (κ3) is 1.37. The van der Waals surface area contributed by atoms with E-state index in [1.165, 1.54) is 0 Å². The van der Waals surface area contributed by atoms with Crippen LogP contribution in [0.15, 0.2) is 9.13 Å². The van der Waals surface area contributed by atoms with Gasteiger partial charge < -0.3 is 14.0 Å². The molecule has 2 aliphatic rings. The minimum atomic E-state index is -0.605. The third-order valence-electron chi connectivity index (χ3n) is 3.01. The molecule has 1 atom stereocenters. The highest BCUT2D eigenvalue weighted by molar-refractivity contribution is 9.10. The molecular weight excluding hydrogens is 262 g/mol. The molecule has 1 fully saturated rings. The van der Waals surface area contributed by atoms with Crippen LogP contribution >= 0.6 is 15.9 Å². The molecule has 0 radical (unpaired) electrons. The fourth-order valence-electron chi connectivity index (χ4n) is 2.48. The highest BCUT2D eigenvalue weighted by atomic mass is 79.9. The van der Waals surface area contributed by atoms with Gasteiger partial charge >= 0.3 is 0 Å². The number of nitrogens with zero attached hydrogens (tertiary/aromatic N) is 1. The lowest BCUT2D eigenvalue weighted by Crippen LogP contribution is -2.34. The molecule has 0 N–H and O–H groups in total. The Morgan fingerprint density at radius 2 is 2.13 bits per heavy atom. The van der Waals surface area contributed by atoms with E-state index in [0.29, 0.717) is 23.7 Å². The van der Waals surface area contributed by atoms with Crippen LogP contribution in [0.3, 0.4) is 0 Å². The van der Waals surface area contributed by atoms with Crippen LogP contribution in [-0.4, -0.2) is 18.4 Å². The summed E-state index contributed by atoms with van der Waals surface area (Å²) in [5, 5.41) is 3.93. The van der Waals surface area contributed by atoms with Crippen LogP contribution in [0.25, 0.3) is 0 Å². The summed E-state index contributed by atoms with van der Waals surface area (Å²) in [6.45, 7) is 3.46. The minimum absolute atomic E-state index is 0.496. The van der Waals surface area contributed by atoms with Crippen molar-refractivity contribution in [2.45, 2.75) is 25.6 Å². The molecule has 0 bridgehead atoms. The van der Waals surface area contributed by atoms with E-state index in [1.807, 2.05) is 0 Å². The van der Waals surface area contributed by atoms with Gasteiger partial charge in [-0.3, -0.25) is 0 Å². The number of hydrogen-bond donors (Lipinski definition) is 0. The molecule has 0 aromatic carbocycles. The van der Waals surface area contributed by atoms with Gasteiger partial charge in [-0.1, -0.05) is 12.1 Å². The Balaban J connectivity index is 2.12. The number of fused-ring (bicyclic) bond motifs is 2. The van der Waals surface area contributed by atoms with Crippen LogP contribution in [0.4, 0.5) is 0 Å². The molecule has 15 heavy (non-hydrogen) atoms. The normalized spacial score (nSPS) is 28.3. The lowest BCUT2D eigenvalue weighted by molar-refractivity contribution is -0.184. The molecule has 5 heteroatoms. The smallest absolute Gasteiger partial charge is 0.201 e. The van der Waals surface area contributed by atoms with Crippen molar-refractivity contribution in [1.29, 1.82) is 0 Å². The first-order chi connectivity index (χ1) is 7.21. The first-order valence-corrected chi connectivity index (χ1v) is 5.93. The van der Waals surface area contributed by atoms with Crippen molar-refractivity contribution in [2.75, 3.05) is 13.2 Å². The Morgan fingerprint density at radius 3 is 2.87 bits per heavy atom. The summed E-state index contributed by atoms with van der Waals surface area (Å²) in [5.41, 5.74) is 0.957. The average molecular weight is 274 g/mol. The topological polar surface area (TPSA) is 44.5 Å². The van der Waals surface area contributed by atoms with Crippen molar-refractivity contribution < 1.29 is 14.0 Å². The highest BCUT2D eigenvalue weighted by Gasteiger charge is 2.48. The predicted octanol–water partition coefficient (Wildman–Crippen LogP) is 2.22. The standard InChI is InChI=1S/C10H12BrNO3/c1-6-4-7-8(9(11)12-15-7)10(5-6)13-2-3-14-10/h6H,2-5H2,1H3. The van der Waals surface area contributed by atoms with Crippen molar-refractivity contribution in [3.63, 3.8) is 0 Å². The minimum Gasteiger partial charge on any atom is -0.360 e. The summed E-state index contributed by atoms with van der Waals surface area (Å²) in [5.74, 6) is 0.782. The molecule has 0 amide bonds. The van der Waals surface area contributed by atoms with Gasteiger partial charge in [0.05, 0.1) is 18.8 Å². The maximum absolute atomic E-state index is 5.77. The van der Waals surface area contributed by atoms with Gasteiger partial charge in [0.2, 0.25) is 5.79 Å². The van der Waals surface area contributed by atoms with Gasteiger partial charge in [0.25, 0.3) is 0 Å². The number of halogens is 1. The molecule has 1 unspecified atom stereocenters. The Kier molecular flexibility index (Phi) is 2.16. The van der Waals surface area contributed by atoms with Gasteiger partial charge in [-0.2, -0.15) is 0 Å². The van der Waals surface area contributed by atoms with Crippen LogP contribution in [0.1, 0.15) is 24.7 Å². The van der Waals surface area contributed by atoms with Gasteiger partial charge in [0.15, 0.2) is 4.60 Å². The van der Waals surface area contributed by atoms with Crippen LogP contribution in [0.2, 0.25) is 0 Å². The molecule has 4 nitrogen and oxygen atoms in total. The van der Waals surface area contributed by atoms with Crippen LogP contribution in [-0.2, 0) is 21.7 Å². The van der Waals surface area contributed by atoms with E-state index >= 15 is 0 Å². The largest absolute Gasteiger partial charge is 0.360 e. The van der Waals surface area contributed by atoms with Gasteiger partial charge in [-0.15, -0.1) is 0 Å². The van der Waals surface area contributed by atoms with E-state index in [-0.39, 0.29) is 0 Å². The summed E-state index contributed by atoms with van der Waals surface area (Å²) < 4.78 is 17.5. The van der Waals surface area contributed by atoms with Gasteiger partial charge in [0, 0.05) is 12.8 Å². The second-order valence-corrected chi connectivity index (χ2v) is 4.99. The van der Waals surface area contributed by atoms with E-state index in [4.69, 9.17) is 14.0 Å². The second-order valence-electron chi connectivity index (χ2n) is 4.23. The third-order valence-corrected chi connectivity index (χ3v) is 3.55. The van der Waals surface area contributed by atoms with Crippen molar-refractivity contribution in [1.82, 2.24) is 5.16 Å². The molecule has 1 saturated heterocycles. The second kappa shape index (κ2) is 3.30. The Hall–Kier alpha value is -0.390. The molecule has 82 valence electrons. The molecule has 0 saturated carbocycles. The maximum atomic E-state index is 5.77. The zero-order valence-electron chi connectivity index (χ0n) is 8.46. The maximum Gasteiger partial charge on any atom is 0.201 e. The number of ether oxygens (including phenoxy) is 2. The first-order valence-electron chi connectivity index (χ1n) is 5.14. The van der Waals surface area contributed by atoms with Gasteiger partial charge in [0.1, 0.15) is 5.76 Å². The Morgan fingerprint density at radius 1 is 1.40 bits per heavy atom. The van der Waals surface area contributed by atoms with E-state index in [0.717, 1.165) is 24.2 Å². The van der Waals surface area contributed by atoms with Crippen molar-refractivity contribution in [2.24, 2.45) is 5.92 Å². The number of aromatic nitrogens is 1. The summed E-state index contributed by atoms with van der Waals surface area (Å²) in [4.78, 5) is 0. The van der Waals surface area contributed by atoms with E-state index in [1.54, 1.807) is 0 Å². The van der Waals surface area contributed by atoms with E-state index < -0.39 is 5.79 Å². The Labute approximate surface area is 96.0 Å². The number of rotatable bonds is 0. The molecule has 1 spiro atoms. The fourth-order valence-corrected chi connectivity index (χ4v) is 3.07. The summed E-state index contributed by atoms with van der Waals surface area (Å²) in [6.07, 6.45) is 1.78. The first kappa shape index (κ1) is 9.81. The van der Waals surface area contributed by atoms with Crippen molar-refractivity contribution in [3.05, 3.63) is 15.9 Å². The molecule has 3 rings (SSSR count). The SMILES string of the molecule is CC1Cc2onc(Br)c2C2(C1)OCCO2. The monoisotopic (exact) mass is 273 g/mol. The molecule has 1 aliphatic heterocycles. The average Bonchev–Trinajstić information content (AvgIpc) is 2.75. The van der Waals surface area contributed by atoms with Crippen LogP contribution < -0.4 is 0 Å². The van der Waals surface area contributed by atoms with Crippen molar-refractivity contribution >= 4 is 15.9 Å². The van der Waals surface area contributed by atoms with E-state index in [2.05, 4.69) is 28.0 Å². The molecule has 2 heterocycles. The van der Waals surface area contributed by atoms with Crippen LogP contribution in [0, 0.1) is 5.92 Å². The summed E-state index contributed by atoms with van der Waals surface area (Å²) in [6, 6.07) is 0. The van der Waals surface area contributed by atoms with Gasteiger partial charge in [-0.25, -0.2) is 0 Å². The fraction of sp³-hybridized carbons (Fsp3) is 0.700. The quantitative estimate of drug-likeness (QED) is 0.727. The lowest BCUT2D eigenvalue weighted by atomic mass is 9.85. The van der Waals surface area contributed by atoms with Crippen LogP contribution in [0.5, 0.6) is 0 Å². The number of hydrogen-bond acceptors (Lipinski definition) is 4. The summed E-state index contributed by atoms with van der Waals surface area (Å²) in [7, 11) is 0. The predicted molar refractivity (Wildman–Crippen MR) is 55.3 cm³/mol. The highest BCUT2D eigenvalue weighted by Crippen LogP contribution is 2.46. The zero-order valence-corrected chi connectivity index (χ0v) is 10.0. The van der Waals surface area contributed by atoms with Gasteiger partial charge in [-0.05, 0) is 21.8 Å². The molecule has 1 aromatic rings. The van der Waals surface area contributed by atoms with Crippen molar-refractivity contribution in [3.8, 4) is 0 Å². The van der Waals surface area contributed by atoms with E-state index in [9.17, 15) is 0 Å². The Bertz CT molecular complexity index is 384. The molecule has 1 aliphatic carbocycles. The molecule has 1 aromatic heterocycles. The molecular formula is C10H12BrNO3. The summed E-state index contributed by atoms with van der Waals surface area (Å²) >= 11 is 3.39.